The van der Waals surface area contributed by atoms with E-state index in [0.29, 0.717) is 25.2 Å². The Morgan fingerprint density at radius 2 is 1.78 bits per heavy atom. The summed E-state index contributed by atoms with van der Waals surface area (Å²) in [5, 5.41) is 7.42. The second-order valence-electron chi connectivity index (χ2n) is 3.10. The average Bonchev–Trinajstić information content (AvgIpc) is 2.22. The maximum Gasteiger partial charge on any atom is 0.412 e. The number of primary amides is 1. The van der Waals surface area contributed by atoms with E-state index in [-0.39, 0.29) is 0 Å². The van der Waals surface area contributed by atoms with Crippen LogP contribution in [0.25, 0.3) is 0 Å². The number of carbonyl (C=O) groups is 3. The second kappa shape index (κ2) is 11.6. The van der Waals surface area contributed by atoms with E-state index >= 15 is 0 Å². The van der Waals surface area contributed by atoms with E-state index in [0.717, 1.165) is 6.92 Å². The van der Waals surface area contributed by atoms with Gasteiger partial charge < -0.3 is 20.3 Å². The standard InChI is InChI=1S/C9H15NO4.C2H4O2/c1-3-13-6-4-5-7(2)8(11)14-9(10)12;1-2(3)4/h5H,3-4,6H2,1-2H3,(H2,10,12);1H3,(H,3,4). The molecule has 0 unspecified atom stereocenters. The van der Waals surface area contributed by atoms with Gasteiger partial charge >= 0.3 is 12.1 Å². The summed E-state index contributed by atoms with van der Waals surface area (Å²) in [6.07, 6.45) is 1.15. The van der Waals surface area contributed by atoms with Gasteiger partial charge in [-0.15, -0.1) is 0 Å². The number of carbonyl (C=O) groups excluding carboxylic acids is 2. The number of hydrogen-bond donors (Lipinski definition) is 2. The Morgan fingerprint density at radius 1 is 1.28 bits per heavy atom. The first-order chi connectivity index (χ1) is 8.31. The lowest BCUT2D eigenvalue weighted by atomic mass is 10.2. The summed E-state index contributed by atoms with van der Waals surface area (Å²) in [6.45, 7) is 5.70. The number of esters is 1. The molecule has 0 aromatic rings. The van der Waals surface area contributed by atoms with Gasteiger partial charge in [-0.1, -0.05) is 6.08 Å². The van der Waals surface area contributed by atoms with Crippen LogP contribution in [0.15, 0.2) is 11.6 Å². The molecule has 0 aliphatic rings. The lowest BCUT2D eigenvalue weighted by molar-refractivity contribution is -0.134. The van der Waals surface area contributed by atoms with Crippen molar-refractivity contribution in [3.63, 3.8) is 0 Å². The third-order valence-corrected chi connectivity index (χ3v) is 1.43. The highest BCUT2D eigenvalue weighted by Crippen LogP contribution is 1.99. The number of amides is 1. The first-order valence-corrected chi connectivity index (χ1v) is 5.26. The van der Waals surface area contributed by atoms with Gasteiger partial charge in [0, 0.05) is 19.1 Å². The topological polar surface area (TPSA) is 116 Å². The van der Waals surface area contributed by atoms with Gasteiger partial charge in [0.25, 0.3) is 5.97 Å². The Labute approximate surface area is 106 Å². The quantitative estimate of drug-likeness (QED) is 0.331. The van der Waals surface area contributed by atoms with Crippen molar-refractivity contribution >= 4 is 18.0 Å². The molecule has 0 aromatic carbocycles. The molecule has 7 nitrogen and oxygen atoms in total. The van der Waals surface area contributed by atoms with E-state index in [1.165, 1.54) is 0 Å². The Morgan fingerprint density at radius 3 is 2.17 bits per heavy atom. The molecule has 0 radical (unpaired) electrons. The van der Waals surface area contributed by atoms with Crippen molar-refractivity contribution in [2.45, 2.75) is 27.2 Å². The molecule has 0 aliphatic carbocycles. The predicted molar refractivity (Wildman–Crippen MR) is 63.9 cm³/mol. The summed E-state index contributed by atoms with van der Waals surface area (Å²) in [7, 11) is 0. The van der Waals surface area contributed by atoms with Crippen LogP contribution in [0, 0.1) is 0 Å². The number of carboxylic acid groups (broad SMARTS) is 1. The van der Waals surface area contributed by atoms with Gasteiger partial charge in [0.2, 0.25) is 0 Å². The van der Waals surface area contributed by atoms with Crippen molar-refractivity contribution in [1.82, 2.24) is 0 Å². The molecule has 1 amide bonds. The number of carboxylic acids is 1. The summed E-state index contributed by atoms with van der Waals surface area (Å²) in [4.78, 5) is 30.2. The molecule has 0 aromatic heterocycles. The second-order valence-corrected chi connectivity index (χ2v) is 3.10. The molecule has 0 atom stereocenters. The van der Waals surface area contributed by atoms with Crippen molar-refractivity contribution in [3.8, 4) is 0 Å². The molecular formula is C11H19NO6. The zero-order valence-corrected chi connectivity index (χ0v) is 10.8. The molecule has 0 saturated heterocycles. The fourth-order valence-corrected chi connectivity index (χ4v) is 0.758. The Bertz CT molecular complexity index is 307. The maximum atomic E-state index is 11.0. The SMILES string of the molecule is CC(=O)O.CCOCCC=C(C)C(=O)OC(N)=O. The fourth-order valence-electron chi connectivity index (χ4n) is 0.758. The largest absolute Gasteiger partial charge is 0.481 e. The molecule has 0 spiro atoms. The minimum absolute atomic E-state index is 0.350. The van der Waals surface area contributed by atoms with Gasteiger partial charge in [-0.05, 0) is 20.3 Å². The number of rotatable bonds is 5. The summed E-state index contributed by atoms with van der Waals surface area (Å²) < 4.78 is 9.22. The summed E-state index contributed by atoms with van der Waals surface area (Å²) in [6, 6.07) is 0. The van der Waals surface area contributed by atoms with Gasteiger partial charge in [-0.2, -0.15) is 0 Å². The number of nitrogens with two attached hydrogens (primary N) is 1. The highest BCUT2D eigenvalue weighted by atomic mass is 16.6. The van der Waals surface area contributed by atoms with Gasteiger partial charge in [-0.3, -0.25) is 4.79 Å². The minimum atomic E-state index is -1.09. The normalized spacial score (nSPS) is 10.1. The Balaban J connectivity index is 0. The molecule has 0 saturated carbocycles. The molecule has 0 heterocycles. The smallest absolute Gasteiger partial charge is 0.412 e. The fraction of sp³-hybridized carbons (Fsp3) is 0.545. The first-order valence-electron chi connectivity index (χ1n) is 5.26. The van der Waals surface area contributed by atoms with Crippen molar-refractivity contribution < 1.29 is 29.0 Å². The summed E-state index contributed by atoms with van der Waals surface area (Å²) in [5.74, 6) is -1.55. The molecule has 104 valence electrons. The molecule has 0 bridgehead atoms. The predicted octanol–water partition coefficient (Wildman–Crippen LogP) is 1.07. The monoisotopic (exact) mass is 261 g/mol. The van der Waals surface area contributed by atoms with E-state index in [9.17, 15) is 9.59 Å². The van der Waals surface area contributed by atoms with Crippen LogP contribution >= 0.6 is 0 Å². The van der Waals surface area contributed by atoms with E-state index in [2.05, 4.69) is 10.5 Å². The molecule has 3 N–H and O–H groups in total. The number of aliphatic carboxylic acids is 1. The Hall–Kier alpha value is -1.89. The molecule has 0 rings (SSSR count). The third-order valence-electron chi connectivity index (χ3n) is 1.43. The number of ether oxygens (including phenoxy) is 2. The molecule has 0 fully saturated rings. The zero-order valence-electron chi connectivity index (χ0n) is 10.8. The number of hydrogen-bond acceptors (Lipinski definition) is 5. The van der Waals surface area contributed by atoms with Crippen molar-refractivity contribution in [2.75, 3.05) is 13.2 Å². The van der Waals surface area contributed by atoms with Crippen LogP contribution in [0.5, 0.6) is 0 Å². The van der Waals surface area contributed by atoms with Crippen LogP contribution in [0.2, 0.25) is 0 Å². The van der Waals surface area contributed by atoms with E-state index in [1.807, 2.05) is 6.92 Å². The minimum Gasteiger partial charge on any atom is -0.481 e. The van der Waals surface area contributed by atoms with Crippen LogP contribution in [-0.4, -0.2) is 36.4 Å². The van der Waals surface area contributed by atoms with Crippen LogP contribution in [0.1, 0.15) is 27.2 Å². The van der Waals surface area contributed by atoms with Crippen LogP contribution in [0.4, 0.5) is 4.79 Å². The summed E-state index contributed by atoms with van der Waals surface area (Å²) in [5.41, 5.74) is 5.02. The van der Waals surface area contributed by atoms with Crippen LogP contribution in [-0.2, 0) is 19.1 Å². The van der Waals surface area contributed by atoms with Crippen molar-refractivity contribution in [2.24, 2.45) is 5.73 Å². The van der Waals surface area contributed by atoms with E-state index < -0.39 is 18.0 Å². The molecule has 7 heteroatoms. The van der Waals surface area contributed by atoms with Crippen LogP contribution in [0.3, 0.4) is 0 Å². The van der Waals surface area contributed by atoms with Gasteiger partial charge in [0.05, 0.1) is 6.61 Å². The molecule has 0 aliphatic heterocycles. The van der Waals surface area contributed by atoms with Crippen molar-refractivity contribution in [1.29, 1.82) is 0 Å². The van der Waals surface area contributed by atoms with E-state index in [4.69, 9.17) is 14.6 Å². The van der Waals surface area contributed by atoms with Crippen LogP contribution < -0.4 is 5.73 Å². The van der Waals surface area contributed by atoms with Gasteiger partial charge in [0.1, 0.15) is 0 Å². The summed E-state index contributed by atoms with van der Waals surface area (Å²) >= 11 is 0. The highest BCUT2D eigenvalue weighted by molar-refractivity contribution is 5.94. The zero-order chi connectivity index (χ0) is 14.6. The van der Waals surface area contributed by atoms with E-state index in [1.54, 1.807) is 13.0 Å². The van der Waals surface area contributed by atoms with Crippen molar-refractivity contribution in [3.05, 3.63) is 11.6 Å². The average molecular weight is 261 g/mol. The van der Waals surface area contributed by atoms with Gasteiger partial charge in [0.15, 0.2) is 0 Å². The first kappa shape index (κ1) is 18.5. The molecule has 18 heavy (non-hydrogen) atoms. The Kier molecular flexibility index (Phi) is 11.9. The lowest BCUT2D eigenvalue weighted by Crippen LogP contribution is -2.18. The maximum absolute atomic E-state index is 11.0. The highest BCUT2D eigenvalue weighted by Gasteiger charge is 2.07. The third kappa shape index (κ3) is 16.5. The lowest BCUT2D eigenvalue weighted by Gasteiger charge is -2.00. The molecular weight excluding hydrogens is 242 g/mol. The van der Waals surface area contributed by atoms with Gasteiger partial charge in [-0.25, -0.2) is 9.59 Å².